The molecule has 0 atom stereocenters. The van der Waals surface area contributed by atoms with Crippen LogP contribution in [0, 0.1) is 0 Å². The molecule has 0 fully saturated rings. The van der Waals surface area contributed by atoms with Gasteiger partial charge in [0.25, 0.3) is 5.91 Å². The summed E-state index contributed by atoms with van der Waals surface area (Å²) in [4.78, 5) is 16.4. The van der Waals surface area contributed by atoms with E-state index in [0.717, 1.165) is 5.56 Å². The first-order valence-electron chi connectivity index (χ1n) is 9.71. The van der Waals surface area contributed by atoms with E-state index in [1.54, 1.807) is 59.8 Å². The Balaban J connectivity index is 0.00000512. The topological polar surface area (TPSA) is 102 Å². The molecule has 0 heterocycles. The summed E-state index contributed by atoms with van der Waals surface area (Å²) in [5.74, 6) is 2.88. The van der Waals surface area contributed by atoms with Gasteiger partial charge >= 0.3 is 0 Å². The number of hydrogen-bond acceptors (Lipinski definition) is 6. The van der Waals surface area contributed by atoms with E-state index in [4.69, 9.17) is 18.9 Å². The van der Waals surface area contributed by atoms with E-state index >= 15 is 0 Å². The van der Waals surface area contributed by atoms with Gasteiger partial charge in [0.15, 0.2) is 17.5 Å². The van der Waals surface area contributed by atoms with Gasteiger partial charge in [-0.1, -0.05) is 0 Å². The number of ether oxygens (including phenoxy) is 4. The van der Waals surface area contributed by atoms with Gasteiger partial charge in [0.1, 0.15) is 5.75 Å². The number of carbonyl (C=O) groups excluding carboxylic acids is 1. The Kier molecular flexibility index (Phi) is 12.1. The van der Waals surface area contributed by atoms with Crippen molar-refractivity contribution >= 4 is 35.8 Å². The van der Waals surface area contributed by atoms with Gasteiger partial charge in [-0.25, -0.2) is 0 Å². The summed E-state index contributed by atoms with van der Waals surface area (Å²) in [7, 11) is 7.99. The Hall–Kier alpha value is -2.89. The highest BCUT2D eigenvalue weighted by molar-refractivity contribution is 14.0. The molecule has 32 heavy (non-hydrogen) atoms. The van der Waals surface area contributed by atoms with E-state index in [9.17, 15) is 4.79 Å². The van der Waals surface area contributed by atoms with Crippen LogP contribution in [0.3, 0.4) is 0 Å². The predicted octanol–water partition coefficient (Wildman–Crippen LogP) is 2.43. The first-order valence-corrected chi connectivity index (χ1v) is 9.71. The SMILES string of the molecule is CN=C(NCCNC(=O)c1ccc(OC)cc1)NCc1cc(OC)c(OC)c(OC)c1.I. The predicted molar refractivity (Wildman–Crippen MR) is 135 cm³/mol. The zero-order valence-corrected chi connectivity index (χ0v) is 21.3. The molecular formula is C22H31IN4O5. The maximum absolute atomic E-state index is 12.2. The lowest BCUT2D eigenvalue weighted by Gasteiger charge is -2.16. The number of hydrogen-bond donors (Lipinski definition) is 3. The van der Waals surface area contributed by atoms with Crippen molar-refractivity contribution in [3.63, 3.8) is 0 Å². The number of benzene rings is 2. The molecule has 2 aromatic rings. The van der Waals surface area contributed by atoms with Crippen LogP contribution < -0.4 is 34.9 Å². The van der Waals surface area contributed by atoms with Gasteiger partial charge in [-0.15, -0.1) is 24.0 Å². The highest BCUT2D eigenvalue weighted by Gasteiger charge is 2.13. The van der Waals surface area contributed by atoms with Gasteiger partial charge in [0, 0.05) is 32.2 Å². The molecule has 10 heteroatoms. The average Bonchev–Trinajstić information content (AvgIpc) is 2.82. The van der Waals surface area contributed by atoms with Gasteiger partial charge in [-0.05, 0) is 42.0 Å². The molecular weight excluding hydrogens is 527 g/mol. The number of amides is 1. The van der Waals surface area contributed by atoms with Crippen molar-refractivity contribution in [1.29, 1.82) is 0 Å². The molecule has 0 radical (unpaired) electrons. The second-order valence-electron chi connectivity index (χ2n) is 6.37. The molecule has 0 spiro atoms. The van der Waals surface area contributed by atoms with Crippen LogP contribution in [0.2, 0.25) is 0 Å². The molecule has 0 saturated heterocycles. The van der Waals surface area contributed by atoms with Crippen LogP contribution in [0.25, 0.3) is 0 Å². The molecule has 0 aliphatic heterocycles. The minimum atomic E-state index is -0.148. The monoisotopic (exact) mass is 558 g/mol. The van der Waals surface area contributed by atoms with Gasteiger partial charge in [-0.3, -0.25) is 9.79 Å². The number of nitrogens with one attached hydrogen (secondary N) is 3. The number of guanidine groups is 1. The molecule has 1 amide bonds. The fourth-order valence-electron chi connectivity index (χ4n) is 2.85. The minimum absolute atomic E-state index is 0. The van der Waals surface area contributed by atoms with Crippen molar-refractivity contribution in [3.8, 4) is 23.0 Å². The molecule has 2 aromatic carbocycles. The highest BCUT2D eigenvalue weighted by Crippen LogP contribution is 2.38. The Morgan fingerprint density at radius 2 is 1.44 bits per heavy atom. The fourth-order valence-corrected chi connectivity index (χ4v) is 2.85. The number of carbonyl (C=O) groups is 1. The molecule has 0 saturated carbocycles. The van der Waals surface area contributed by atoms with E-state index in [1.807, 2.05) is 12.1 Å². The van der Waals surface area contributed by atoms with Gasteiger partial charge in [0.05, 0.1) is 28.4 Å². The number of rotatable bonds is 10. The molecule has 0 unspecified atom stereocenters. The largest absolute Gasteiger partial charge is 0.497 e. The van der Waals surface area contributed by atoms with E-state index < -0.39 is 0 Å². The van der Waals surface area contributed by atoms with Crippen LogP contribution in [0.15, 0.2) is 41.4 Å². The third-order valence-electron chi connectivity index (χ3n) is 4.46. The average molecular weight is 558 g/mol. The van der Waals surface area contributed by atoms with E-state index in [1.165, 1.54) is 0 Å². The highest BCUT2D eigenvalue weighted by atomic mass is 127. The molecule has 3 N–H and O–H groups in total. The summed E-state index contributed by atoms with van der Waals surface area (Å²) >= 11 is 0. The second-order valence-corrected chi connectivity index (χ2v) is 6.37. The maximum Gasteiger partial charge on any atom is 0.251 e. The second kappa shape index (κ2) is 14.2. The van der Waals surface area contributed by atoms with E-state index in [-0.39, 0.29) is 29.9 Å². The number of nitrogens with zero attached hydrogens (tertiary/aromatic N) is 1. The lowest BCUT2D eigenvalue weighted by atomic mass is 10.2. The normalized spacial score (nSPS) is 10.5. The van der Waals surface area contributed by atoms with E-state index in [0.29, 0.717) is 54.2 Å². The number of halogens is 1. The number of aliphatic imine (C=N–C) groups is 1. The summed E-state index contributed by atoms with van der Waals surface area (Å²) in [6, 6.07) is 10.7. The van der Waals surface area contributed by atoms with Crippen molar-refractivity contribution in [2.24, 2.45) is 4.99 Å². The third-order valence-corrected chi connectivity index (χ3v) is 4.46. The zero-order valence-electron chi connectivity index (χ0n) is 19.0. The van der Waals surface area contributed by atoms with Gasteiger partial charge in [-0.2, -0.15) is 0 Å². The third kappa shape index (κ3) is 7.66. The summed E-state index contributed by atoms with van der Waals surface area (Å²) in [5.41, 5.74) is 1.51. The van der Waals surface area contributed by atoms with E-state index in [2.05, 4.69) is 20.9 Å². The Labute approximate surface area is 205 Å². The lowest BCUT2D eigenvalue weighted by Crippen LogP contribution is -2.41. The van der Waals surface area contributed by atoms with Crippen LogP contribution in [-0.2, 0) is 6.54 Å². The van der Waals surface area contributed by atoms with Crippen LogP contribution >= 0.6 is 24.0 Å². The van der Waals surface area contributed by atoms with Crippen molar-refractivity contribution in [1.82, 2.24) is 16.0 Å². The van der Waals surface area contributed by atoms with Crippen molar-refractivity contribution < 1.29 is 23.7 Å². The molecule has 2 rings (SSSR count). The maximum atomic E-state index is 12.2. The quantitative estimate of drug-likeness (QED) is 0.178. The summed E-state index contributed by atoms with van der Waals surface area (Å²) in [5, 5.41) is 9.24. The molecule has 0 bridgehead atoms. The molecule has 9 nitrogen and oxygen atoms in total. The zero-order chi connectivity index (χ0) is 22.6. The van der Waals surface area contributed by atoms with Gasteiger partial charge < -0.3 is 34.9 Å². The molecule has 176 valence electrons. The fraction of sp³-hybridized carbons (Fsp3) is 0.364. The van der Waals surface area contributed by atoms with Crippen LogP contribution in [0.1, 0.15) is 15.9 Å². The van der Waals surface area contributed by atoms with Gasteiger partial charge in [0.2, 0.25) is 5.75 Å². The van der Waals surface area contributed by atoms with Crippen LogP contribution in [-0.4, -0.2) is 60.4 Å². The molecule has 0 aromatic heterocycles. The summed E-state index contributed by atoms with van der Waals surface area (Å²) in [6.07, 6.45) is 0. The van der Waals surface area contributed by atoms with Crippen molar-refractivity contribution in [2.75, 3.05) is 48.6 Å². The first kappa shape index (κ1) is 27.1. The number of methoxy groups -OCH3 is 4. The summed E-state index contributed by atoms with van der Waals surface area (Å²) < 4.78 is 21.2. The van der Waals surface area contributed by atoms with Crippen molar-refractivity contribution in [2.45, 2.75) is 6.54 Å². The standard InChI is InChI=1S/C22H30N4O5.HI/c1-23-22(25-11-10-24-21(27)16-6-8-17(28-2)9-7-16)26-14-15-12-18(29-3)20(31-5)19(13-15)30-4;/h6-9,12-13H,10-11,14H2,1-5H3,(H,24,27)(H2,23,25,26);1H. The Bertz CT molecular complexity index is 865. The Morgan fingerprint density at radius 1 is 0.844 bits per heavy atom. The smallest absolute Gasteiger partial charge is 0.251 e. The minimum Gasteiger partial charge on any atom is -0.497 e. The summed E-state index contributed by atoms with van der Waals surface area (Å²) in [6.45, 7) is 1.45. The van der Waals surface area contributed by atoms with Crippen LogP contribution in [0.5, 0.6) is 23.0 Å². The molecule has 0 aliphatic rings. The Morgan fingerprint density at radius 3 is 1.94 bits per heavy atom. The molecule has 0 aliphatic carbocycles. The first-order chi connectivity index (χ1) is 15.1. The van der Waals surface area contributed by atoms with Crippen LogP contribution in [0.4, 0.5) is 0 Å². The van der Waals surface area contributed by atoms with Crippen molar-refractivity contribution in [3.05, 3.63) is 47.5 Å². The lowest BCUT2D eigenvalue weighted by molar-refractivity contribution is 0.0954.